The number of benzene rings is 1. The van der Waals surface area contributed by atoms with E-state index in [-0.39, 0.29) is 21.6 Å². The van der Waals surface area contributed by atoms with E-state index in [4.69, 9.17) is 0 Å². The summed E-state index contributed by atoms with van der Waals surface area (Å²) in [6.45, 7) is 0. The fourth-order valence-electron chi connectivity index (χ4n) is 2.07. The first-order valence-electron chi connectivity index (χ1n) is 6.23. The molecule has 1 aromatic carbocycles. The molecule has 110 valence electrons. The van der Waals surface area contributed by atoms with Crippen LogP contribution < -0.4 is 5.32 Å². The average molecular weight is 361 g/mol. The monoisotopic (exact) mass is 360 g/mol. The van der Waals surface area contributed by atoms with Crippen LogP contribution in [0.3, 0.4) is 0 Å². The van der Waals surface area contributed by atoms with Crippen molar-refractivity contribution in [3.8, 4) is 11.8 Å². The summed E-state index contributed by atoms with van der Waals surface area (Å²) < 4.78 is 54.6. The summed E-state index contributed by atoms with van der Waals surface area (Å²) in [5, 5.41) is 2.19. The van der Waals surface area contributed by atoms with Gasteiger partial charge >= 0.3 is 6.18 Å². The molecule has 1 heterocycles. The number of alkyl halides is 3. The smallest absolute Gasteiger partial charge is 0.349 e. The predicted molar refractivity (Wildman–Crippen MR) is 73.6 cm³/mol. The zero-order valence-corrected chi connectivity index (χ0v) is 12.1. The fourth-order valence-corrected chi connectivity index (χ4v) is 2.40. The van der Waals surface area contributed by atoms with Crippen LogP contribution in [0.15, 0.2) is 21.6 Å². The zero-order chi connectivity index (χ0) is 15.3. The Bertz CT molecular complexity index is 683. The van der Waals surface area contributed by atoms with Crippen LogP contribution >= 0.6 is 15.9 Å². The van der Waals surface area contributed by atoms with Crippen LogP contribution in [-0.2, 0) is 5.54 Å². The Morgan fingerprint density at radius 2 is 2.05 bits per heavy atom. The Morgan fingerprint density at radius 1 is 1.33 bits per heavy atom. The molecule has 1 atom stereocenters. The summed E-state index contributed by atoms with van der Waals surface area (Å²) in [5.41, 5.74) is -2.88. The standard InChI is InChI=1S/C14H9BrF4N2/c15-10-6-12-9(5-11(10)16)13(14(17,18)19,21-7-20-12)4-3-8-1-2-8/h5-8H,1-2H2,(H,20,21)/t13-/m0/s1. The van der Waals surface area contributed by atoms with Gasteiger partial charge in [-0.15, -0.1) is 0 Å². The van der Waals surface area contributed by atoms with Crippen molar-refractivity contribution in [2.75, 3.05) is 0 Å². The first-order chi connectivity index (χ1) is 9.83. The van der Waals surface area contributed by atoms with E-state index in [2.05, 4.69) is 38.1 Å². The van der Waals surface area contributed by atoms with Crippen molar-refractivity contribution in [3.63, 3.8) is 0 Å². The number of fused-ring (bicyclic) bond motifs is 1. The third kappa shape index (κ3) is 2.42. The van der Waals surface area contributed by atoms with Crippen molar-refractivity contribution in [2.24, 2.45) is 10.9 Å². The maximum atomic E-state index is 13.7. The van der Waals surface area contributed by atoms with Crippen LogP contribution in [-0.4, -0.2) is 12.5 Å². The molecule has 21 heavy (non-hydrogen) atoms. The van der Waals surface area contributed by atoms with Gasteiger partial charge in [0, 0.05) is 11.5 Å². The van der Waals surface area contributed by atoms with E-state index in [9.17, 15) is 17.6 Å². The van der Waals surface area contributed by atoms with Gasteiger partial charge in [-0.05, 0) is 40.9 Å². The second kappa shape index (κ2) is 4.73. The largest absolute Gasteiger partial charge is 0.427 e. The Kier molecular flexibility index (Phi) is 3.24. The molecule has 0 saturated heterocycles. The lowest BCUT2D eigenvalue weighted by molar-refractivity contribution is -0.177. The minimum absolute atomic E-state index is 0.00589. The van der Waals surface area contributed by atoms with E-state index in [1.165, 1.54) is 6.07 Å². The highest BCUT2D eigenvalue weighted by Gasteiger charge is 2.57. The number of nitrogens with zero attached hydrogens (tertiary/aromatic N) is 1. The summed E-state index contributed by atoms with van der Waals surface area (Å²) in [7, 11) is 0. The molecule has 0 radical (unpaired) electrons. The van der Waals surface area contributed by atoms with E-state index < -0.39 is 17.5 Å². The maximum absolute atomic E-state index is 13.7. The topological polar surface area (TPSA) is 24.4 Å². The Morgan fingerprint density at radius 3 is 2.67 bits per heavy atom. The van der Waals surface area contributed by atoms with Crippen molar-refractivity contribution in [2.45, 2.75) is 24.6 Å². The summed E-state index contributed by atoms with van der Waals surface area (Å²) >= 11 is 2.95. The molecule has 1 aliphatic heterocycles. The molecule has 0 aromatic heterocycles. The number of rotatable bonds is 0. The van der Waals surface area contributed by atoms with Gasteiger partial charge in [0.25, 0.3) is 0 Å². The first kappa shape index (κ1) is 14.4. The van der Waals surface area contributed by atoms with Crippen LogP contribution in [0.25, 0.3) is 0 Å². The van der Waals surface area contributed by atoms with E-state index >= 15 is 0 Å². The molecule has 7 heteroatoms. The maximum Gasteiger partial charge on any atom is 0.427 e. The van der Waals surface area contributed by atoms with Gasteiger partial charge in [-0.25, -0.2) is 9.38 Å². The van der Waals surface area contributed by atoms with Gasteiger partial charge in [-0.3, -0.25) is 0 Å². The lowest BCUT2D eigenvalue weighted by Crippen LogP contribution is -2.53. The highest BCUT2D eigenvalue weighted by molar-refractivity contribution is 9.10. The molecular formula is C14H9BrF4N2. The molecule has 0 amide bonds. The highest BCUT2D eigenvalue weighted by Crippen LogP contribution is 2.45. The van der Waals surface area contributed by atoms with E-state index in [1.54, 1.807) is 0 Å². The van der Waals surface area contributed by atoms with Gasteiger partial charge in [0.2, 0.25) is 5.54 Å². The molecule has 2 aliphatic rings. The molecule has 1 aromatic rings. The quantitative estimate of drug-likeness (QED) is 0.548. The third-order valence-electron chi connectivity index (χ3n) is 3.39. The summed E-state index contributed by atoms with van der Waals surface area (Å²) in [4.78, 5) is 3.85. The molecule has 3 rings (SSSR count). The van der Waals surface area contributed by atoms with Crippen molar-refractivity contribution in [1.82, 2.24) is 5.32 Å². The van der Waals surface area contributed by atoms with Gasteiger partial charge in [0.05, 0.1) is 16.5 Å². The van der Waals surface area contributed by atoms with Crippen LogP contribution in [0, 0.1) is 23.6 Å². The van der Waals surface area contributed by atoms with E-state index in [1.807, 2.05) is 0 Å². The van der Waals surface area contributed by atoms with Gasteiger partial charge in [0.15, 0.2) is 0 Å². The van der Waals surface area contributed by atoms with Gasteiger partial charge in [0.1, 0.15) is 5.82 Å². The van der Waals surface area contributed by atoms with Gasteiger partial charge < -0.3 is 5.32 Å². The highest BCUT2D eigenvalue weighted by atomic mass is 79.9. The summed E-state index contributed by atoms with van der Waals surface area (Å²) in [6.07, 6.45) is -2.13. The number of halogens is 5. The lowest BCUT2D eigenvalue weighted by atomic mass is 9.87. The number of aliphatic imine (C=N–C) groups is 1. The molecule has 0 spiro atoms. The molecular weight excluding hydrogens is 352 g/mol. The molecule has 1 saturated carbocycles. The van der Waals surface area contributed by atoms with Crippen LogP contribution in [0.4, 0.5) is 23.2 Å². The molecule has 0 unspecified atom stereocenters. The molecule has 1 aliphatic carbocycles. The third-order valence-corrected chi connectivity index (χ3v) is 4.00. The molecule has 1 N–H and O–H groups in total. The average Bonchev–Trinajstić information content (AvgIpc) is 3.20. The second-order valence-electron chi connectivity index (χ2n) is 4.98. The summed E-state index contributed by atoms with van der Waals surface area (Å²) in [5.74, 6) is 4.11. The van der Waals surface area contributed by atoms with E-state index in [0.29, 0.717) is 0 Å². The van der Waals surface area contributed by atoms with Crippen LogP contribution in [0.1, 0.15) is 18.4 Å². The van der Waals surface area contributed by atoms with Crippen LogP contribution in [0.2, 0.25) is 0 Å². The fraction of sp³-hybridized carbons (Fsp3) is 0.357. The predicted octanol–water partition coefficient (Wildman–Crippen LogP) is 4.02. The van der Waals surface area contributed by atoms with Gasteiger partial charge in [-0.2, -0.15) is 13.2 Å². The van der Waals surface area contributed by atoms with E-state index in [0.717, 1.165) is 25.2 Å². The zero-order valence-electron chi connectivity index (χ0n) is 10.6. The first-order valence-corrected chi connectivity index (χ1v) is 7.02. The minimum Gasteiger partial charge on any atom is -0.349 e. The van der Waals surface area contributed by atoms with Crippen molar-refractivity contribution < 1.29 is 17.6 Å². The normalized spacial score (nSPS) is 23.9. The number of hydrogen-bond acceptors (Lipinski definition) is 2. The SMILES string of the molecule is Fc1cc2c(cc1Br)N=CN[C@]2(C#CC1CC1)C(F)(F)F. The molecule has 2 nitrogen and oxygen atoms in total. The number of hydrogen-bond donors (Lipinski definition) is 1. The van der Waals surface area contributed by atoms with Crippen LogP contribution in [0.5, 0.6) is 0 Å². The lowest BCUT2D eigenvalue weighted by Gasteiger charge is -2.34. The summed E-state index contributed by atoms with van der Waals surface area (Å²) in [6, 6.07) is 2.05. The Balaban J connectivity index is 2.21. The van der Waals surface area contributed by atoms with Gasteiger partial charge in [-0.1, -0.05) is 11.8 Å². The van der Waals surface area contributed by atoms with Crippen molar-refractivity contribution in [1.29, 1.82) is 0 Å². The number of nitrogens with one attached hydrogen (secondary N) is 1. The molecule has 1 fully saturated rings. The second-order valence-corrected chi connectivity index (χ2v) is 5.83. The van der Waals surface area contributed by atoms with Crippen molar-refractivity contribution in [3.05, 3.63) is 28.0 Å². The van der Waals surface area contributed by atoms with Crippen molar-refractivity contribution >= 4 is 28.0 Å². The Hall–Kier alpha value is -1.55. The molecule has 0 bridgehead atoms. The minimum atomic E-state index is -4.70. The Labute approximate surface area is 126 Å².